The number of piperidine rings is 1. The Morgan fingerprint density at radius 2 is 1.86 bits per heavy atom. The number of likely N-dealkylation sites (tertiary alicyclic amines) is 1. The van der Waals surface area contributed by atoms with Crippen molar-refractivity contribution in [1.29, 1.82) is 0 Å². The van der Waals surface area contributed by atoms with Crippen LogP contribution in [0.1, 0.15) is 24.8 Å². The lowest BCUT2D eigenvalue weighted by molar-refractivity contribution is -0.135. The predicted octanol–water partition coefficient (Wildman–Crippen LogP) is 1.58. The Labute approximate surface area is 173 Å². The molecule has 0 bridgehead atoms. The number of hydrogen-bond acceptors (Lipinski definition) is 6. The standard InChI is InChI=1S/C21H34N4O2S/c26-21(24-8-6-22(7-9-24)15-19-4-14-28-18-19)17-25-5-2-1-3-20(25)16-23-10-12-27-13-11-23/h4,14,18,20H,1-3,5-13,15-17H2. The van der Waals surface area contributed by atoms with E-state index in [9.17, 15) is 4.79 Å². The second kappa shape index (κ2) is 10.2. The number of nitrogens with zero attached hydrogens (tertiary/aromatic N) is 4. The van der Waals surface area contributed by atoms with Crippen molar-refractivity contribution in [3.8, 4) is 0 Å². The van der Waals surface area contributed by atoms with Gasteiger partial charge in [-0.25, -0.2) is 0 Å². The van der Waals surface area contributed by atoms with Crippen LogP contribution in [0.5, 0.6) is 0 Å². The van der Waals surface area contributed by atoms with Crippen LogP contribution in [0.25, 0.3) is 0 Å². The van der Waals surface area contributed by atoms with Gasteiger partial charge in [0.1, 0.15) is 0 Å². The molecule has 3 aliphatic heterocycles. The molecule has 156 valence electrons. The number of hydrogen-bond donors (Lipinski definition) is 0. The highest BCUT2D eigenvalue weighted by atomic mass is 32.1. The predicted molar refractivity (Wildman–Crippen MR) is 113 cm³/mol. The molecule has 28 heavy (non-hydrogen) atoms. The molecule has 1 aromatic rings. The van der Waals surface area contributed by atoms with Crippen LogP contribution in [0.4, 0.5) is 0 Å². The van der Waals surface area contributed by atoms with Gasteiger partial charge in [0.15, 0.2) is 0 Å². The average Bonchev–Trinajstić information content (AvgIpc) is 3.24. The largest absolute Gasteiger partial charge is 0.379 e. The highest BCUT2D eigenvalue weighted by molar-refractivity contribution is 7.07. The van der Waals surface area contributed by atoms with Crippen LogP contribution in [0.15, 0.2) is 16.8 Å². The fourth-order valence-corrected chi connectivity index (χ4v) is 5.29. The summed E-state index contributed by atoms with van der Waals surface area (Å²) in [6.45, 7) is 11.2. The van der Waals surface area contributed by atoms with Gasteiger partial charge >= 0.3 is 0 Å². The zero-order valence-corrected chi connectivity index (χ0v) is 17.7. The Kier molecular flexibility index (Phi) is 7.36. The normalized spacial score (nSPS) is 25.9. The van der Waals surface area contributed by atoms with E-state index in [1.54, 1.807) is 11.3 Å². The van der Waals surface area contributed by atoms with E-state index in [1.165, 1.54) is 24.8 Å². The third-order valence-corrected chi connectivity index (χ3v) is 7.10. The summed E-state index contributed by atoms with van der Waals surface area (Å²) in [5, 5.41) is 4.36. The molecule has 0 radical (unpaired) electrons. The van der Waals surface area contributed by atoms with E-state index in [2.05, 4.69) is 36.4 Å². The lowest BCUT2D eigenvalue weighted by Crippen LogP contribution is -2.54. The number of morpholine rings is 1. The molecule has 1 aromatic heterocycles. The van der Waals surface area contributed by atoms with Crippen LogP contribution in [0, 0.1) is 0 Å². The van der Waals surface area contributed by atoms with Crippen LogP contribution in [0.2, 0.25) is 0 Å². The van der Waals surface area contributed by atoms with Crippen LogP contribution in [-0.2, 0) is 16.1 Å². The lowest BCUT2D eigenvalue weighted by atomic mass is 10.0. The summed E-state index contributed by atoms with van der Waals surface area (Å²) in [4.78, 5) is 22.5. The fourth-order valence-electron chi connectivity index (χ4n) is 4.63. The molecular formula is C21H34N4O2S. The zero-order chi connectivity index (χ0) is 19.2. The average molecular weight is 407 g/mol. The summed E-state index contributed by atoms with van der Waals surface area (Å²) in [5.74, 6) is 0.323. The van der Waals surface area contributed by atoms with Crippen molar-refractivity contribution in [3.63, 3.8) is 0 Å². The van der Waals surface area contributed by atoms with Gasteiger partial charge in [0, 0.05) is 58.4 Å². The first-order valence-electron chi connectivity index (χ1n) is 10.8. The van der Waals surface area contributed by atoms with Gasteiger partial charge in [-0.1, -0.05) is 6.42 Å². The summed E-state index contributed by atoms with van der Waals surface area (Å²) >= 11 is 1.76. The van der Waals surface area contributed by atoms with E-state index in [0.29, 0.717) is 18.5 Å². The van der Waals surface area contributed by atoms with Crippen molar-refractivity contribution < 1.29 is 9.53 Å². The van der Waals surface area contributed by atoms with Crippen LogP contribution < -0.4 is 0 Å². The van der Waals surface area contributed by atoms with Gasteiger partial charge in [-0.2, -0.15) is 11.3 Å². The van der Waals surface area contributed by atoms with Gasteiger partial charge in [0.05, 0.1) is 19.8 Å². The van der Waals surface area contributed by atoms with Crippen molar-refractivity contribution in [2.75, 3.05) is 72.1 Å². The molecule has 3 fully saturated rings. The highest BCUT2D eigenvalue weighted by Gasteiger charge is 2.29. The quantitative estimate of drug-likeness (QED) is 0.717. The maximum Gasteiger partial charge on any atom is 0.236 e. The second-order valence-corrected chi connectivity index (χ2v) is 9.10. The van der Waals surface area contributed by atoms with Gasteiger partial charge in [0.2, 0.25) is 5.91 Å². The second-order valence-electron chi connectivity index (χ2n) is 8.32. The minimum atomic E-state index is 0.323. The zero-order valence-electron chi connectivity index (χ0n) is 16.9. The Morgan fingerprint density at radius 3 is 2.61 bits per heavy atom. The molecule has 0 saturated carbocycles. The molecule has 3 aliphatic rings. The SMILES string of the molecule is O=C(CN1CCCCC1CN1CCOCC1)N1CCN(Cc2ccsc2)CC1. The van der Waals surface area contributed by atoms with Crippen molar-refractivity contribution >= 4 is 17.2 Å². The molecule has 0 aromatic carbocycles. The Balaban J connectivity index is 1.23. The molecule has 0 aliphatic carbocycles. The number of amides is 1. The third-order valence-electron chi connectivity index (χ3n) is 6.37. The van der Waals surface area contributed by atoms with Crippen LogP contribution >= 0.6 is 11.3 Å². The molecule has 7 heteroatoms. The summed E-state index contributed by atoms with van der Waals surface area (Å²) in [6, 6.07) is 2.73. The molecule has 4 heterocycles. The van der Waals surface area contributed by atoms with Crippen molar-refractivity contribution in [2.45, 2.75) is 31.8 Å². The monoisotopic (exact) mass is 406 g/mol. The molecule has 0 N–H and O–H groups in total. The molecule has 3 saturated heterocycles. The Morgan fingerprint density at radius 1 is 1.04 bits per heavy atom. The first kappa shape index (κ1) is 20.3. The number of ether oxygens (including phenoxy) is 1. The van der Waals surface area contributed by atoms with Crippen molar-refractivity contribution in [1.82, 2.24) is 19.6 Å². The number of rotatable bonds is 6. The molecule has 1 atom stereocenters. The Hall–Kier alpha value is -0.990. The molecule has 1 amide bonds. The number of piperazine rings is 1. The maximum absolute atomic E-state index is 13.0. The molecule has 1 unspecified atom stereocenters. The first-order chi connectivity index (χ1) is 13.8. The molecule has 0 spiro atoms. The first-order valence-corrected chi connectivity index (χ1v) is 11.8. The summed E-state index contributed by atoms with van der Waals surface area (Å²) in [5.41, 5.74) is 1.39. The fraction of sp³-hybridized carbons (Fsp3) is 0.762. The van der Waals surface area contributed by atoms with E-state index >= 15 is 0 Å². The highest BCUT2D eigenvalue weighted by Crippen LogP contribution is 2.19. The lowest BCUT2D eigenvalue weighted by Gasteiger charge is -2.41. The van der Waals surface area contributed by atoms with E-state index in [4.69, 9.17) is 4.74 Å². The van der Waals surface area contributed by atoms with Gasteiger partial charge in [-0.05, 0) is 41.8 Å². The van der Waals surface area contributed by atoms with E-state index in [-0.39, 0.29) is 0 Å². The van der Waals surface area contributed by atoms with Gasteiger partial charge in [0.25, 0.3) is 0 Å². The van der Waals surface area contributed by atoms with Gasteiger partial charge in [-0.3, -0.25) is 19.5 Å². The van der Waals surface area contributed by atoms with E-state index < -0.39 is 0 Å². The van der Waals surface area contributed by atoms with Gasteiger partial charge < -0.3 is 9.64 Å². The molecule has 6 nitrogen and oxygen atoms in total. The van der Waals surface area contributed by atoms with Crippen LogP contribution in [0.3, 0.4) is 0 Å². The summed E-state index contributed by atoms with van der Waals surface area (Å²) in [6.07, 6.45) is 3.74. The number of carbonyl (C=O) groups is 1. The van der Waals surface area contributed by atoms with Gasteiger partial charge in [-0.15, -0.1) is 0 Å². The van der Waals surface area contributed by atoms with Crippen LogP contribution in [-0.4, -0.2) is 104 Å². The minimum Gasteiger partial charge on any atom is -0.379 e. The summed E-state index contributed by atoms with van der Waals surface area (Å²) < 4.78 is 5.48. The molecule has 4 rings (SSSR count). The third kappa shape index (κ3) is 5.54. The Bertz CT molecular complexity index is 598. The molecular weight excluding hydrogens is 372 g/mol. The van der Waals surface area contributed by atoms with Crippen molar-refractivity contribution in [2.24, 2.45) is 0 Å². The maximum atomic E-state index is 13.0. The topological polar surface area (TPSA) is 39.3 Å². The van der Waals surface area contributed by atoms with Crippen molar-refractivity contribution in [3.05, 3.63) is 22.4 Å². The summed E-state index contributed by atoms with van der Waals surface area (Å²) in [7, 11) is 0. The van der Waals surface area contributed by atoms with E-state index in [1.807, 2.05) is 0 Å². The smallest absolute Gasteiger partial charge is 0.236 e. The van der Waals surface area contributed by atoms with E-state index in [0.717, 1.165) is 72.1 Å². The number of thiophene rings is 1. The number of carbonyl (C=O) groups excluding carboxylic acids is 1. The minimum absolute atomic E-state index is 0.323.